The summed E-state index contributed by atoms with van der Waals surface area (Å²) in [5, 5.41) is 11.8. The van der Waals surface area contributed by atoms with Gasteiger partial charge in [0.2, 0.25) is 0 Å². The first-order chi connectivity index (χ1) is 16.3. The van der Waals surface area contributed by atoms with Crippen molar-refractivity contribution in [3.63, 3.8) is 0 Å². The highest BCUT2D eigenvalue weighted by atomic mass is 19.1. The molecule has 5 rings (SSSR count). The van der Waals surface area contributed by atoms with E-state index in [1.807, 2.05) is 6.07 Å². The second-order valence-electron chi connectivity index (χ2n) is 8.78. The van der Waals surface area contributed by atoms with E-state index in [1.165, 1.54) is 17.9 Å². The Morgan fingerprint density at radius 3 is 2.71 bits per heavy atom. The van der Waals surface area contributed by atoms with Crippen molar-refractivity contribution < 1.29 is 13.9 Å². The molecule has 0 bridgehead atoms. The minimum Gasteiger partial charge on any atom is -0.467 e. The molecule has 2 aromatic carbocycles. The zero-order valence-corrected chi connectivity index (χ0v) is 19.5. The van der Waals surface area contributed by atoms with Crippen LogP contribution in [0, 0.1) is 5.82 Å². The Morgan fingerprint density at radius 1 is 1.21 bits per heavy atom. The molecule has 1 aliphatic rings. The van der Waals surface area contributed by atoms with Crippen LogP contribution < -0.4 is 20.3 Å². The average Bonchev–Trinajstić information content (AvgIpc) is 3.18. The monoisotopic (exact) mass is 463 g/mol. The number of carbonyl (C=O) groups is 1. The van der Waals surface area contributed by atoms with Crippen molar-refractivity contribution in [2.45, 2.75) is 25.9 Å². The summed E-state index contributed by atoms with van der Waals surface area (Å²) in [5.41, 5.74) is 2.38. The molecule has 9 nitrogen and oxygen atoms in total. The molecule has 3 heterocycles. The SMILES string of the molecule is COc1ncc2c(N3C[C@@H](C)N[C@@H](C)C3)ccc(C(=O)Nc3cc(F)c4nn(C)cc4c3)c2n1. The number of nitrogens with one attached hydrogen (secondary N) is 2. The predicted molar refractivity (Wildman–Crippen MR) is 129 cm³/mol. The number of piperazine rings is 1. The Morgan fingerprint density at radius 2 is 1.97 bits per heavy atom. The molecule has 4 aromatic rings. The van der Waals surface area contributed by atoms with Gasteiger partial charge in [-0.1, -0.05) is 0 Å². The molecule has 0 saturated carbocycles. The van der Waals surface area contributed by atoms with E-state index in [0.29, 0.717) is 34.2 Å². The van der Waals surface area contributed by atoms with Crippen LogP contribution in [0.2, 0.25) is 0 Å². The molecule has 0 aliphatic carbocycles. The number of anilines is 2. The van der Waals surface area contributed by atoms with Gasteiger partial charge in [-0.3, -0.25) is 9.48 Å². The van der Waals surface area contributed by atoms with Crippen LogP contribution in [0.5, 0.6) is 6.01 Å². The lowest BCUT2D eigenvalue weighted by Gasteiger charge is -2.38. The number of hydrogen-bond donors (Lipinski definition) is 2. The Balaban J connectivity index is 1.54. The van der Waals surface area contributed by atoms with Crippen molar-refractivity contribution in [1.29, 1.82) is 0 Å². The maximum atomic E-state index is 14.5. The van der Waals surface area contributed by atoms with Crippen LogP contribution in [-0.2, 0) is 7.05 Å². The zero-order valence-electron chi connectivity index (χ0n) is 19.5. The summed E-state index contributed by atoms with van der Waals surface area (Å²) in [6.07, 6.45) is 3.39. The van der Waals surface area contributed by atoms with Crippen molar-refractivity contribution in [1.82, 2.24) is 25.1 Å². The van der Waals surface area contributed by atoms with E-state index in [0.717, 1.165) is 24.2 Å². The molecule has 34 heavy (non-hydrogen) atoms. The van der Waals surface area contributed by atoms with Crippen LogP contribution in [0.15, 0.2) is 36.7 Å². The molecular weight excluding hydrogens is 437 g/mol. The normalized spacial score (nSPS) is 18.4. The summed E-state index contributed by atoms with van der Waals surface area (Å²) in [4.78, 5) is 24.4. The van der Waals surface area contributed by atoms with E-state index in [4.69, 9.17) is 4.74 Å². The number of rotatable bonds is 4. The number of fused-ring (bicyclic) bond motifs is 2. The average molecular weight is 464 g/mol. The second kappa shape index (κ2) is 8.53. The largest absolute Gasteiger partial charge is 0.467 e. The Labute approximate surface area is 195 Å². The van der Waals surface area contributed by atoms with E-state index in [2.05, 4.69) is 44.4 Å². The number of nitrogens with zero attached hydrogens (tertiary/aromatic N) is 5. The van der Waals surface area contributed by atoms with Gasteiger partial charge in [0.25, 0.3) is 5.91 Å². The number of aryl methyl sites for hydroxylation is 1. The number of ether oxygens (including phenoxy) is 1. The summed E-state index contributed by atoms with van der Waals surface area (Å²) in [5.74, 6) is -0.901. The van der Waals surface area contributed by atoms with E-state index in [1.54, 1.807) is 31.6 Å². The highest BCUT2D eigenvalue weighted by Crippen LogP contribution is 2.31. The zero-order chi connectivity index (χ0) is 24.0. The predicted octanol–water partition coefficient (Wildman–Crippen LogP) is 3.10. The van der Waals surface area contributed by atoms with Crippen LogP contribution >= 0.6 is 0 Å². The summed E-state index contributed by atoms with van der Waals surface area (Å²) < 4.78 is 21.3. The smallest absolute Gasteiger partial charge is 0.316 e. The first-order valence-electron chi connectivity index (χ1n) is 11.1. The molecule has 2 aromatic heterocycles. The van der Waals surface area contributed by atoms with Gasteiger partial charge < -0.3 is 20.3 Å². The van der Waals surface area contributed by atoms with Gasteiger partial charge in [-0.15, -0.1) is 0 Å². The summed E-state index contributed by atoms with van der Waals surface area (Å²) in [6, 6.07) is 7.43. The van der Waals surface area contributed by atoms with Crippen LogP contribution in [0.3, 0.4) is 0 Å². The van der Waals surface area contributed by atoms with Crippen LogP contribution in [-0.4, -0.2) is 57.9 Å². The molecule has 176 valence electrons. The molecule has 1 aliphatic heterocycles. The van der Waals surface area contributed by atoms with E-state index < -0.39 is 11.7 Å². The van der Waals surface area contributed by atoms with Gasteiger partial charge in [0.1, 0.15) is 5.52 Å². The lowest BCUT2D eigenvalue weighted by molar-refractivity contribution is 0.102. The molecule has 10 heteroatoms. The minimum absolute atomic E-state index is 0.170. The molecule has 1 fully saturated rings. The van der Waals surface area contributed by atoms with Gasteiger partial charge in [0, 0.05) is 66.8 Å². The summed E-state index contributed by atoms with van der Waals surface area (Å²) >= 11 is 0. The quantitative estimate of drug-likeness (QED) is 0.480. The number of methoxy groups -OCH3 is 1. The number of aromatic nitrogens is 4. The lowest BCUT2D eigenvalue weighted by Crippen LogP contribution is -2.54. The van der Waals surface area contributed by atoms with Crippen molar-refractivity contribution in [2.75, 3.05) is 30.4 Å². The van der Waals surface area contributed by atoms with Gasteiger partial charge in [-0.25, -0.2) is 9.37 Å². The lowest BCUT2D eigenvalue weighted by atomic mass is 10.0. The fraction of sp³-hybridized carbons (Fsp3) is 0.333. The first-order valence-corrected chi connectivity index (χ1v) is 11.1. The van der Waals surface area contributed by atoms with Gasteiger partial charge in [-0.05, 0) is 38.1 Å². The van der Waals surface area contributed by atoms with Gasteiger partial charge >= 0.3 is 6.01 Å². The van der Waals surface area contributed by atoms with E-state index >= 15 is 0 Å². The number of benzene rings is 2. The van der Waals surface area contributed by atoms with Crippen molar-refractivity contribution >= 4 is 39.1 Å². The Bertz CT molecular complexity index is 1390. The number of hydrogen-bond acceptors (Lipinski definition) is 7. The maximum absolute atomic E-state index is 14.5. The number of carbonyl (C=O) groups excluding carboxylic acids is 1. The third-order valence-electron chi connectivity index (χ3n) is 5.97. The molecule has 2 N–H and O–H groups in total. The molecule has 0 radical (unpaired) electrons. The van der Waals surface area contributed by atoms with Crippen LogP contribution in [0.4, 0.5) is 15.8 Å². The van der Waals surface area contributed by atoms with Gasteiger partial charge in [0.15, 0.2) is 5.82 Å². The van der Waals surface area contributed by atoms with E-state index in [9.17, 15) is 9.18 Å². The van der Waals surface area contributed by atoms with Crippen LogP contribution in [0.25, 0.3) is 21.8 Å². The molecule has 0 spiro atoms. The first kappa shape index (κ1) is 22.0. The highest BCUT2D eigenvalue weighted by molar-refractivity contribution is 6.14. The van der Waals surface area contributed by atoms with Crippen molar-refractivity contribution in [3.05, 3.63) is 48.0 Å². The van der Waals surface area contributed by atoms with Gasteiger partial charge in [-0.2, -0.15) is 10.1 Å². The number of halogens is 1. The summed E-state index contributed by atoms with van der Waals surface area (Å²) in [7, 11) is 3.20. The number of amides is 1. The fourth-order valence-corrected chi connectivity index (χ4v) is 4.65. The molecular formula is C24H26FN7O2. The minimum atomic E-state index is -0.500. The Hall–Kier alpha value is -3.79. The second-order valence-corrected chi connectivity index (χ2v) is 8.78. The standard InChI is InChI=1S/C24H26FN7O2/c1-13-10-32(11-14(2)27-13)20-6-5-17(22-18(20)9-26-24(29-22)34-4)23(33)28-16-7-15-12-31(3)30-21(15)19(25)8-16/h5-9,12-14,27H,10-11H2,1-4H3,(H,28,33)/t13-,14+. The maximum Gasteiger partial charge on any atom is 0.316 e. The van der Waals surface area contributed by atoms with E-state index in [-0.39, 0.29) is 11.5 Å². The van der Waals surface area contributed by atoms with Crippen molar-refractivity contribution in [3.8, 4) is 6.01 Å². The molecule has 1 saturated heterocycles. The van der Waals surface area contributed by atoms with Crippen molar-refractivity contribution in [2.24, 2.45) is 7.05 Å². The highest BCUT2D eigenvalue weighted by Gasteiger charge is 2.25. The molecule has 1 amide bonds. The molecule has 0 unspecified atom stereocenters. The van der Waals surface area contributed by atoms with Gasteiger partial charge in [0.05, 0.1) is 18.2 Å². The Kier molecular flexibility index (Phi) is 5.52. The molecule has 2 atom stereocenters. The third kappa shape index (κ3) is 4.01. The summed E-state index contributed by atoms with van der Waals surface area (Å²) in [6.45, 7) is 5.93. The topological polar surface area (TPSA) is 97.2 Å². The van der Waals surface area contributed by atoms with Crippen LogP contribution in [0.1, 0.15) is 24.2 Å². The third-order valence-corrected chi connectivity index (χ3v) is 5.97. The fourth-order valence-electron chi connectivity index (χ4n) is 4.65.